The minimum atomic E-state index is 0.0820. The quantitative estimate of drug-likeness (QED) is 0.321. The average Bonchev–Trinajstić information content (AvgIpc) is 2.21. The van der Waals surface area contributed by atoms with Crippen molar-refractivity contribution in [2.45, 2.75) is 0 Å². The molecule has 1 aromatic rings. The molecule has 0 aliphatic carbocycles. The molecule has 0 spiro atoms. The van der Waals surface area contributed by atoms with Gasteiger partial charge in [0.05, 0.1) is 11.8 Å². The summed E-state index contributed by atoms with van der Waals surface area (Å²) < 4.78 is 0. The fraction of sp³-hybridized carbons (Fsp3) is 0. The molecule has 0 amide bonds. The molecule has 5 nitrogen and oxygen atoms in total. The summed E-state index contributed by atoms with van der Waals surface area (Å²) in [6.45, 7) is 0. The van der Waals surface area contributed by atoms with Crippen LogP contribution in [-0.4, -0.2) is 27.6 Å². The monoisotopic (exact) mass is 177 g/mol. The molecule has 1 rings (SSSR count). The number of aliphatic imine (C=N–C) groups is 1. The minimum Gasteiger partial charge on any atom is -0.515 e. The van der Waals surface area contributed by atoms with Crippen molar-refractivity contribution in [3.05, 3.63) is 30.4 Å². The Balaban J connectivity index is 2.74. The number of aldehydes is 1. The summed E-state index contributed by atoms with van der Waals surface area (Å²) in [5.41, 5.74) is 0.0820. The Morgan fingerprint density at radius 3 is 3.00 bits per heavy atom. The summed E-state index contributed by atoms with van der Waals surface area (Å²) in [5.74, 6) is 0.427. The lowest BCUT2D eigenvalue weighted by molar-refractivity contribution is -0.104. The summed E-state index contributed by atoms with van der Waals surface area (Å²) in [6.07, 6.45) is 5.26. The molecule has 1 N–H and O–H groups in total. The molecule has 5 heteroatoms. The van der Waals surface area contributed by atoms with Gasteiger partial charge in [0.25, 0.3) is 0 Å². The van der Waals surface area contributed by atoms with Crippen molar-refractivity contribution in [1.29, 1.82) is 0 Å². The molecule has 0 bridgehead atoms. The lowest BCUT2D eigenvalue weighted by Gasteiger charge is -1.88. The highest BCUT2D eigenvalue weighted by atomic mass is 16.2. The van der Waals surface area contributed by atoms with Crippen LogP contribution in [0.15, 0.2) is 35.4 Å². The molecule has 0 unspecified atom stereocenters. The minimum absolute atomic E-state index is 0.0820. The molecular weight excluding hydrogens is 170 g/mol. The predicted molar refractivity (Wildman–Crippen MR) is 47.0 cm³/mol. The van der Waals surface area contributed by atoms with Crippen LogP contribution in [0.3, 0.4) is 0 Å². The number of aliphatic hydroxyl groups is 1. The highest BCUT2D eigenvalue weighted by molar-refractivity contribution is 6.02. The van der Waals surface area contributed by atoms with E-state index >= 15 is 0 Å². The van der Waals surface area contributed by atoms with Crippen LogP contribution in [0.1, 0.15) is 0 Å². The Morgan fingerprint density at radius 2 is 2.46 bits per heavy atom. The molecule has 66 valence electrons. The number of aliphatic hydroxyl groups excluding tert-OH is 1. The van der Waals surface area contributed by atoms with Gasteiger partial charge in [0.1, 0.15) is 6.33 Å². The van der Waals surface area contributed by atoms with E-state index in [1.54, 1.807) is 6.07 Å². The molecule has 1 heterocycles. The average molecular weight is 177 g/mol. The maximum Gasteiger partial charge on any atom is 0.155 e. The molecule has 0 aliphatic rings. The molecule has 1 aromatic heterocycles. The molecule has 13 heavy (non-hydrogen) atoms. The van der Waals surface area contributed by atoms with Crippen LogP contribution < -0.4 is 0 Å². The van der Waals surface area contributed by atoms with Gasteiger partial charge in [0.2, 0.25) is 0 Å². The maximum atomic E-state index is 10.2. The second-order valence-electron chi connectivity index (χ2n) is 2.07. The van der Waals surface area contributed by atoms with E-state index in [9.17, 15) is 4.79 Å². The highest BCUT2D eigenvalue weighted by Crippen LogP contribution is 2.02. The van der Waals surface area contributed by atoms with E-state index in [0.717, 1.165) is 0 Å². The van der Waals surface area contributed by atoms with Gasteiger partial charge in [-0.1, -0.05) is 0 Å². The van der Waals surface area contributed by atoms with Crippen molar-refractivity contribution >= 4 is 18.3 Å². The van der Waals surface area contributed by atoms with Gasteiger partial charge in [0.15, 0.2) is 12.1 Å². The zero-order valence-corrected chi connectivity index (χ0v) is 6.66. The molecule has 0 radical (unpaired) electrons. The first-order valence-electron chi connectivity index (χ1n) is 3.46. The Morgan fingerprint density at radius 1 is 1.62 bits per heavy atom. The largest absolute Gasteiger partial charge is 0.515 e. The Hall–Kier alpha value is -2.04. The van der Waals surface area contributed by atoms with E-state index in [2.05, 4.69) is 15.0 Å². The van der Waals surface area contributed by atoms with Gasteiger partial charge in [-0.3, -0.25) is 4.79 Å². The summed E-state index contributed by atoms with van der Waals surface area (Å²) in [7, 11) is 0. The van der Waals surface area contributed by atoms with Crippen molar-refractivity contribution in [2.75, 3.05) is 0 Å². The SMILES string of the molecule is O=C/C(C=Nc1ccncn1)=C/O. The van der Waals surface area contributed by atoms with Gasteiger partial charge in [-0.2, -0.15) is 0 Å². The van der Waals surface area contributed by atoms with Crippen molar-refractivity contribution in [3.8, 4) is 0 Å². The number of aromatic nitrogens is 2. The van der Waals surface area contributed by atoms with E-state index in [-0.39, 0.29) is 5.57 Å². The third kappa shape index (κ3) is 2.82. The van der Waals surface area contributed by atoms with Gasteiger partial charge in [-0.25, -0.2) is 15.0 Å². The molecule has 0 saturated heterocycles. The Labute approximate surface area is 74.5 Å². The predicted octanol–water partition coefficient (Wildman–Crippen LogP) is 0.820. The van der Waals surface area contributed by atoms with Crippen molar-refractivity contribution < 1.29 is 9.90 Å². The number of hydrogen-bond donors (Lipinski definition) is 1. The zero-order chi connectivity index (χ0) is 9.52. The molecule has 0 atom stereocenters. The highest BCUT2D eigenvalue weighted by Gasteiger charge is 1.89. The van der Waals surface area contributed by atoms with Crippen molar-refractivity contribution in [1.82, 2.24) is 9.97 Å². The number of hydrogen-bond acceptors (Lipinski definition) is 5. The normalized spacial score (nSPS) is 11.8. The lowest BCUT2D eigenvalue weighted by Crippen LogP contribution is -1.85. The van der Waals surface area contributed by atoms with Crippen molar-refractivity contribution in [2.24, 2.45) is 4.99 Å². The summed E-state index contributed by atoms with van der Waals surface area (Å²) in [6, 6.07) is 1.58. The molecule has 0 aliphatic heterocycles. The number of carbonyl (C=O) groups is 1. The van der Waals surface area contributed by atoms with Crippen LogP contribution >= 0.6 is 0 Å². The van der Waals surface area contributed by atoms with Gasteiger partial charge in [0, 0.05) is 18.5 Å². The first-order chi connectivity index (χ1) is 6.36. The summed E-state index contributed by atoms with van der Waals surface area (Å²) in [5, 5.41) is 8.49. The van der Waals surface area contributed by atoms with E-state index in [0.29, 0.717) is 18.4 Å². The van der Waals surface area contributed by atoms with Crippen LogP contribution in [0.25, 0.3) is 0 Å². The number of rotatable bonds is 3. The Bertz CT molecular complexity index is 333. The Kier molecular flexibility index (Phi) is 3.31. The second kappa shape index (κ2) is 4.76. The number of carbonyl (C=O) groups excluding carboxylic acids is 1. The van der Waals surface area contributed by atoms with Crippen molar-refractivity contribution in [3.63, 3.8) is 0 Å². The van der Waals surface area contributed by atoms with Crippen LogP contribution in [0.5, 0.6) is 0 Å². The third-order valence-electron chi connectivity index (χ3n) is 1.20. The van der Waals surface area contributed by atoms with Gasteiger partial charge in [-0.05, 0) is 0 Å². The standard InChI is InChI=1S/C8H7N3O2/c12-4-7(5-13)3-10-8-1-2-9-6-11-8/h1-6,12H/b7-4+,10-3?. The van der Waals surface area contributed by atoms with E-state index in [1.165, 1.54) is 18.7 Å². The topological polar surface area (TPSA) is 75.4 Å². The summed E-state index contributed by atoms with van der Waals surface area (Å²) in [4.78, 5) is 21.5. The van der Waals surface area contributed by atoms with E-state index in [1.807, 2.05) is 0 Å². The fourth-order valence-electron chi connectivity index (χ4n) is 0.595. The van der Waals surface area contributed by atoms with Crippen LogP contribution in [0, 0.1) is 0 Å². The van der Waals surface area contributed by atoms with Crippen LogP contribution in [-0.2, 0) is 4.79 Å². The molecule has 0 saturated carbocycles. The van der Waals surface area contributed by atoms with Gasteiger partial charge >= 0.3 is 0 Å². The van der Waals surface area contributed by atoms with E-state index < -0.39 is 0 Å². The van der Waals surface area contributed by atoms with Gasteiger partial charge < -0.3 is 5.11 Å². The van der Waals surface area contributed by atoms with Gasteiger partial charge in [-0.15, -0.1) is 0 Å². The maximum absolute atomic E-state index is 10.2. The fourth-order valence-corrected chi connectivity index (χ4v) is 0.595. The third-order valence-corrected chi connectivity index (χ3v) is 1.20. The van der Waals surface area contributed by atoms with Crippen LogP contribution in [0.2, 0.25) is 0 Å². The first-order valence-corrected chi connectivity index (χ1v) is 3.46. The smallest absolute Gasteiger partial charge is 0.155 e. The molecular formula is C8H7N3O2. The van der Waals surface area contributed by atoms with E-state index in [4.69, 9.17) is 5.11 Å². The molecule has 0 fully saturated rings. The second-order valence-corrected chi connectivity index (χ2v) is 2.07. The first kappa shape index (κ1) is 9.05. The lowest BCUT2D eigenvalue weighted by atomic mass is 10.4. The zero-order valence-electron chi connectivity index (χ0n) is 6.66. The molecule has 0 aromatic carbocycles. The van der Waals surface area contributed by atoms with Crippen LogP contribution in [0.4, 0.5) is 5.82 Å². The number of nitrogens with zero attached hydrogens (tertiary/aromatic N) is 3. The summed E-state index contributed by atoms with van der Waals surface area (Å²) >= 11 is 0. The number of allylic oxidation sites excluding steroid dienone is 1.